The Morgan fingerprint density at radius 3 is 2.27 bits per heavy atom. The Balaban J connectivity index is 1.87. The molecule has 3 N–H and O–H groups in total. The number of carbonyl (C=O) groups is 2. The van der Waals surface area contributed by atoms with E-state index in [1.165, 1.54) is 6.07 Å². The Bertz CT molecular complexity index is 845. The van der Waals surface area contributed by atoms with Crippen LogP contribution in [-0.2, 0) is 26.0 Å². The van der Waals surface area contributed by atoms with Gasteiger partial charge in [-0.05, 0) is 35.1 Å². The van der Waals surface area contributed by atoms with Gasteiger partial charge in [0.15, 0.2) is 0 Å². The number of nitrogens with one attached hydrogen (secondary N) is 3. The van der Waals surface area contributed by atoms with Crippen LogP contribution in [0.2, 0.25) is 0 Å². The lowest BCUT2D eigenvalue weighted by molar-refractivity contribution is -0.129. The van der Waals surface area contributed by atoms with Crippen molar-refractivity contribution in [3.05, 3.63) is 47.3 Å². The maximum absolute atomic E-state index is 12.1. The van der Waals surface area contributed by atoms with Crippen LogP contribution in [0.15, 0.2) is 46.0 Å². The second-order valence-corrected chi connectivity index (χ2v) is 8.96. The van der Waals surface area contributed by atoms with E-state index in [1.54, 1.807) is 35.7 Å². The Labute approximate surface area is 156 Å². The van der Waals surface area contributed by atoms with Crippen LogP contribution >= 0.6 is 11.3 Å². The van der Waals surface area contributed by atoms with Gasteiger partial charge in [0, 0.05) is 12.1 Å². The van der Waals surface area contributed by atoms with Gasteiger partial charge < -0.3 is 0 Å². The van der Waals surface area contributed by atoms with Crippen LogP contribution in [0.4, 0.5) is 5.69 Å². The summed E-state index contributed by atoms with van der Waals surface area (Å²) in [6.45, 7) is 3.82. The van der Waals surface area contributed by atoms with Crippen LogP contribution in [0.3, 0.4) is 0 Å². The van der Waals surface area contributed by atoms with Crippen LogP contribution in [0, 0.1) is 5.92 Å². The van der Waals surface area contributed by atoms with Crippen LogP contribution in [0.5, 0.6) is 0 Å². The molecule has 7 nitrogen and oxygen atoms in total. The van der Waals surface area contributed by atoms with Crippen LogP contribution < -0.4 is 15.6 Å². The zero-order chi connectivity index (χ0) is 19.2. The summed E-state index contributed by atoms with van der Waals surface area (Å²) >= 11 is 1.13. The van der Waals surface area contributed by atoms with Crippen molar-refractivity contribution in [2.45, 2.75) is 30.9 Å². The van der Waals surface area contributed by atoms with Crippen LogP contribution in [0.25, 0.3) is 0 Å². The topological polar surface area (TPSA) is 104 Å². The first-order chi connectivity index (χ1) is 12.3. The van der Waals surface area contributed by atoms with Gasteiger partial charge in [-0.2, -0.15) is 0 Å². The second-order valence-electron chi connectivity index (χ2n) is 6.11. The number of benzene rings is 1. The molecule has 0 bridgehead atoms. The predicted molar refractivity (Wildman–Crippen MR) is 101 cm³/mol. The highest BCUT2D eigenvalue weighted by atomic mass is 32.2. The van der Waals surface area contributed by atoms with Gasteiger partial charge in [-0.15, -0.1) is 11.3 Å². The molecule has 0 fully saturated rings. The smallest absolute Gasteiger partial charge is 0.271 e. The highest BCUT2D eigenvalue weighted by Gasteiger charge is 2.15. The van der Waals surface area contributed by atoms with E-state index in [0.29, 0.717) is 17.7 Å². The van der Waals surface area contributed by atoms with Gasteiger partial charge in [-0.25, -0.2) is 8.42 Å². The fraction of sp³-hybridized carbons (Fsp3) is 0.294. The van der Waals surface area contributed by atoms with E-state index in [-0.39, 0.29) is 28.4 Å². The van der Waals surface area contributed by atoms with E-state index in [4.69, 9.17) is 0 Å². The number of hydrogen-bond acceptors (Lipinski definition) is 5. The monoisotopic (exact) mass is 395 g/mol. The van der Waals surface area contributed by atoms with Crippen LogP contribution in [-0.4, -0.2) is 20.2 Å². The molecule has 0 saturated heterocycles. The van der Waals surface area contributed by atoms with Gasteiger partial charge in [0.2, 0.25) is 11.8 Å². The average Bonchev–Trinajstić information content (AvgIpc) is 3.09. The molecule has 2 aromatic rings. The number of rotatable bonds is 7. The fourth-order valence-corrected chi connectivity index (χ4v) is 4.15. The van der Waals surface area contributed by atoms with E-state index in [9.17, 15) is 18.0 Å². The molecule has 140 valence electrons. The number of anilines is 1. The molecule has 0 spiro atoms. The molecular weight excluding hydrogens is 374 g/mol. The van der Waals surface area contributed by atoms with Crippen molar-refractivity contribution in [3.8, 4) is 0 Å². The third-order valence-corrected chi connectivity index (χ3v) is 6.04. The molecule has 26 heavy (non-hydrogen) atoms. The number of carbonyl (C=O) groups excluding carboxylic acids is 2. The molecule has 9 heteroatoms. The average molecular weight is 396 g/mol. The summed E-state index contributed by atoms with van der Waals surface area (Å²) in [5.41, 5.74) is 5.83. The quantitative estimate of drug-likeness (QED) is 0.626. The molecule has 0 atom stereocenters. The van der Waals surface area contributed by atoms with E-state index in [2.05, 4.69) is 15.6 Å². The molecule has 2 rings (SSSR count). The summed E-state index contributed by atoms with van der Waals surface area (Å²) in [6.07, 6.45) is 0.402. The minimum absolute atomic E-state index is 0.0694. The normalized spacial score (nSPS) is 11.2. The van der Waals surface area contributed by atoms with Crippen molar-refractivity contribution < 1.29 is 18.0 Å². The standard InChI is InChI=1S/C17H21N3O4S2/c1-12(2)10-15(21)18-19-16(22)11-13-5-7-14(8-6-13)20-26(23,24)17-4-3-9-25-17/h3-9,12,20H,10-11H2,1-2H3,(H,18,21)(H,19,22). The van der Waals surface area contributed by atoms with Gasteiger partial charge >= 0.3 is 0 Å². The van der Waals surface area contributed by atoms with Crippen molar-refractivity contribution in [2.75, 3.05) is 4.72 Å². The minimum Gasteiger partial charge on any atom is -0.279 e. The van der Waals surface area contributed by atoms with Gasteiger partial charge in [0.25, 0.3) is 10.0 Å². The summed E-state index contributed by atoms with van der Waals surface area (Å²) in [5, 5.41) is 1.69. The lowest BCUT2D eigenvalue weighted by atomic mass is 10.1. The zero-order valence-electron chi connectivity index (χ0n) is 14.5. The number of hydrogen-bond donors (Lipinski definition) is 3. The maximum Gasteiger partial charge on any atom is 0.271 e. The Kier molecular flexibility index (Phi) is 6.76. The summed E-state index contributed by atoms with van der Waals surface area (Å²) in [5.74, 6) is -0.391. The van der Waals surface area contributed by atoms with E-state index in [1.807, 2.05) is 13.8 Å². The van der Waals surface area contributed by atoms with Crippen LogP contribution in [0.1, 0.15) is 25.8 Å². The zero-order valence-corrected chi connectivity index (χ0v) is 16.1. The maximum atomic E-state index is 12.1. The molecule has 2 amide bonds. The van der Waals surface area contributed by atoms with Gasteiger partial charge in [0.1, 0.15) is 4.21 Å². The number of amides is 2. The molecule has 1 heterocycles. The third kappa shape index (κ3) is 6.16. The molecule has 1 aromatic carbocycles. The van der Waals surface area contributed by atoms with Crippen molar-refractivity contribution in [1.82, 2.24) is 10.9 Å². The first-order valence-electron chi connectivity index (χ1n) is 7.99. The summed E-state index contributed by atoms with van der Waals surface area (Å²) in [4.78, 5) is 23.3. The predicted octanol–water partition coefficient (Wildman–Crippen LogP) is 2.28. The number of sulfonamides is 1. The molecule has 0 aliphatic carbocycles. The van der Waals surface area contributed by atoms with E-state index in [0.717, 1.165) is 11.3 Å². The van der Waals surface area contributed by atoms with Gasteiger partial charge in [-0.3, -0.25) is 25.2 Å². The number of hydrazine groups is 1. The molecule has 0 aliphatic rings. The molecule has 0 radical (unpaired) electrons. The van der Waals surface area contributed by atoms with Crippen molar-refractivity contribution in [1.29, 1.82) is 0 Å². The SMILES string of the molecule is CC(C)CC(=O)NNC(=O)Cc1ccc(NS(=O)(=O)c2cccs2)cc1. The second kappa shape index (κ2) is 8.81. The third-order valence-electron chi connectivity index (χ3n) is 3.27. The lowest BCUT2D eigenvalue weighted by Crippen LogP contribution is -2.42. The first kappa shape index (κ1) is 19.9. The molecule has 1 aromatic heterocycles. The summed E-state index contributed by atoms with van der Waals surface area (Å²) in [7, 11) is -3.59. The molecule has 0 aliphatic heterocycles. The van der Waals surface area contributed by atoms with Crippen molar-refractivity contribution in [3.63, 3.8) is 0 Å². The van der Waals surface area contributed by atoms with Crippen molar-refractivity contribution >= 4 is 38.9 Å². The largest absolute Gasteiger partial charge is 0.279 e. The number of thiophene rings is 1. The summed E-state index contributed by atoms with van der Waals surface area (Å²) in [6, 6.07) is 9.68. The lowest BCUT2D eigenvalue weighted by Gasteiger charge is -2.09. The van der Waals surface area contributed by atoms with Crippen molar-refractivity contribution in [2.24, 2.45) is 5.92 Å². The highest BCUT2D eigenvalue weighted by molar-refractivity contribution is 7.94. The highest BCUT2D eigenvalue weighted by Crippen LogP contribution is 2.20. The molecular formula is C17H21N3O4S2. The molecule has 0 saturated carbocycles. The Morgan fingerprint density at radius 2 is 1.69 bits per heavy atom. The minimum atomic E-state index is -3.59. The summed E-state index contributed by atoms with van der Waals surface area (Å²) < 4.78 is 27.0. The van der Waals surface area contributed by atoms with Gasteiger partial charge in [-0.1, -0.05) is 32.0 Å². The van der Waals surface area contributed by atoms with E-state index >= 15 is 0 Å². The van der Waals surface area contributed by atoms with E-state index < -0.39 is 10.0 Å². The Morgan fingerprint density at radius 1 is 1.04 bits per heavy atom. The molecule has 0 unspecified atom stereocenters. The first-order valence-corrected chi connectivity index (χ1v) is 10.4. The Hall–Kier alpha value is -2.39. The fourth-order valence-electron chi connectivity index (χ4n) is 2.10. The van der Waals surface area contributed by atoms with Gasteiger partial charge in [0.05, 0.1) is 6.42 Å².